The molecule has 2 unspecified atom stereocenters. The van der Waals surface area contributed by atoms with Crippen molar-refractivity contribution in [1.29, 1.82) is 0 Å². The highest BCUT2D eigenvalue weighted by Crippen LogP contribution is 2.35. The van der Waals surface area contributed by atoms with Crippen LogP contribution in [0, 0.1) is 0 Å². The van der Waals surface area contributed by atoms with Gasteiger partial charge in [-0.1, -0.05) is 0 Å². The summed E-state index contributed by atoms with van der Waals surface area (Å²) in [4.78, 5) is 16.5. The number of carbonyl (C=O) groups excluding carboxylic acids is 1. The van der Waals surface area contributed by atoms with E-state index in [1.54, 1.807) is 4.90 Å². The quantitative estimate of drug-likeness (QED) is 0.445. The maximum atomic E-state index is 11.1. The number of amides is 1. The lowest BCUT2D eigenvalue weighted by atomic mass is 10.0. The largest absolute Gasteiger partial charge is 0.441 e. The van der Waals surface area contributed by atoms with Gasteiger partial charge in [-0.3, -0.25) is 9.79 Å². The molecule has 2 heterocycles. The second-order valence-electron chi connectivity index (χ2n) is 3.58. The summed E-state index contributed by atoms with van der Waals surface area (Å²) < 4.78 is 0. The highest BCUT2D eigenvalue weighted by Gasteiger charge is 2.40. The Morgan fingerprint density at radius 3 is 2.33 bits per heavy atom. The number of hydrogen-bond donors (Lipinski definition) is 1. The van der Waals surface area contributed by atoms with Crippen LogP contribution in [0.15, 0.2) is 0 Å². The van der Waals surface area contributed by atoms with Gasteiger partial charge in [-0.05, 0) is 32.1 Å². The van der Waals surface area contributed by atoms with Gasteiger partial charge >= 0.3 is 6.09 Å². The van der Waals surface area contributed by atoms with Gasteiger partial charge in [0.2, 0.25) is 0 Å². The Bertz CT molecular complexity index is 179. The first kappa shape index (κ1) is 7.86. The highest BCUT2D eigenvalue weighted by atomic mass is 17.1. The third-order valence-electron chi connectivity index (χ3n) is 2.98. The minimum atomic E-state index is -0.567. The minimum Gasteiger partial charge on any atom is -0.300 e. The van der Waals surface area contributed by atoms with E-state index in [0.717, 1.165) is 25.7 Å². The minimum absolute atomic E-state index is 0.323. The van der Waals surface area contributed by atoms with E-state index >= 15 is 0 Å². The van der Waals surface area contributed by atoms with Gasteiger partial charge in [0.1, 0.15) is 0 Å². The van der Waals surface area contributed by atoms with Crippen LogP contribution in [0.3, 0.4) is 0 Å². The van der Waals surface area contributed by atoms with Crippen molar-refractivity contribution >= 4 is 6.09 Å². The second-order valence-corrected chi connectivity index (χ2v) is 3.58. The summed E-state index contributed by atoms with van der Waals surface area (Å²) in [6.45, 7) is 0. The smallest absolute Gasteiger partial charge is 0.300 e. The summed E-state index contributed by atoms with van der Waals surface area (Å²) in [5.41, 5.74) is 0. The van der Waals surface area contributed by atoms with Crippen molar-refractivity contribution in [2.75, 3.05) is 0 Å². The molecule has 1 N–H and O–H groups in total. The maximum absolute atomic E-state index is 11.1. The number of hydrogen-bond acceptors (Lipinski definition) is 3. The van der Waals surface area contributed by atoms with Gasteiger partial charge in [0.25, 0.3) is 0 Å². The predicted molar refractivity (Wildman–Crippen MR) is 41.6 cm³/mol. The average Bonchev–Trinajstić information content (AvgIpc) is 2.35. The molecule has 4 heteroatoms. The molecule has 2 atom stereocenters. The van der Waals surface area contributed by atoms with Crippen molar-refractivity contribution in [3.8, 4) is 0 Å². The monoisotopic (exact) mass is 171 g/mol. The Balaban J connectivity index is 2.10. The molecule has 68 valence electrons. The summed E-state index contributed by atoms with van der Waals surface area (Å²) in [7, 11) is 0. The van der Waals surface area contributed by atoms with Crippen LogP contribution >= 0.6 is 0 Å². The molecule has 0 aliphatic carbocycles. The molecule has 0 aromatic heterocycles. The summed E-state index contributed by atoms with van der Waals surface area (Å²) >= 11 is 0. The van der Waals surface area contributed by atoms with E-state index in [2.05, 4.69) is 4.89 Å². The molecule has 2 bridgehead atoms. The fraction of sp³-hybridized carbons (Fsp3) is 0.875. The van der Waals surface area contributed by atoms with Crippen LogP contribution < -0.4 is 0 Å². The summed E-state index contributed by atoms with van der Waals surface area (Å²) in [5, 5.41) is 8.26. The molecule has 0 spiro atoms. The first-order valence-corrected chi connectivity index (χ1v) is 4.46. The molecule has 2 aliphatic rings. The molecule has 12 heavy (non-hydrogen) atoms. The van der Waals surface area contributed by atoms with Crippen LogP contribution in [0.4, 0.5) is 4.79 Å². The predicted octanol–water partition coefficient (Wildman–Crippen LogP) is 1.61. The molecule has 2 fully saturated rings. The molecule has 2 aliphatic heterocycles. The van der Waals surface area contributed by atoms with Gasteiger partial charge in [0, 0.05) is 12.1 Å². The summed E-state index contributed by atoms with van der Waals surface area (Å²) in [5.74, 6) is 0. The standard InChI is InChI=1S/C8H13NO3/c10-8(12-11)9-6-2-1-3-7(9)5-4-6/h6-7,11H,1-5H2. The second kappa shape index (κ2) is 2.94. The van der Waals surface area contributed by atoms with E-state index in [0.29, 0.717) is 12.1 Å². The Morgan fingerprint density at radius 2 is 1.83 bits per heavy atom. The normalized spacial score (nSPS) is 33.6. The number of piperidine rings is 1. The van der Waals surface area contributed by atoms with E-state index in [1.807, 2.05) is 0 Å². The van der Waals surface area contributed by atoms with Crippen LogP contribution in [0.2, 0.25) is 0 Å². The number of rotatable bonds is 0. The molecule has 2 saturated heterocycles. The van der Waals surface area contributed by atoms with Crippen LogP contribution in [0.25, 0.3) is 0 Å². The van der Waals surface area contributed by atoms with Crippen molar-refractivity contribution in [1.82, 2.24) is 4.90 Å². The van der Waals surface area contributed by atoms with E-state index in [-0.39, 0.29) is 0 Å². The highest BCUT2D eigenvalue weighted by molar-refractivity contribution is 5.68. The Hall–Kier alpha value is -0.770. The molecule has 1 amide bonds. The lowest BCUT2D eigenvalue weighted by molar-refractivity contribution is -0.191. The zero-order valence-electron chi connectivity index (χ0n) is 6.90. The molecule has 0 saturated carbocycles. The van der Waals surface area contributed by atoms with E-state index in [9.17, 15) is 4.79 Å². The van der Waals surface area contributed by atoms with Crippen molar-refractivity contribution < 1.29 is 14.9 Å². The Labute approximate surface area is 71.0 Å². The van der Waals surface area contributed by atoms with Crippen molar-refractivity contribution in [2.45, 2.75) is 44.2 Å². The zero-order valence-corrected chi connectivity index (χ0v) is 6.90. The van der Waals surface area contributed by atoms with Gasteiger partial charge in [-0.15, -0.1) is 0 Å². The van der Waals surface area contributed by atoms with Crippen LogP contribution in [0.1, 0.15) is 32.1 Å². The van der Waals surface area contributed by atoms with Gasteiger partial charge in [-0.2, -0.15) is 5.26 Å². The van der Waals surface area contributed by atoms with Crippen LogP contribution in [-0.2, 0) is 4.89 Å². The maximum Gasteiger partial charge on any atom is 0.441 e. The van der Waals surface area contributed by atoms with Crippen molar-refractivity contribution in [3.63, 3.8) is 0 Å². The van der Waals surface area contributed by atoms with Gasteiger partial charge in [-0.25, -0.2) is 4.79 Å². The van der Waals surface area contributed by atoms with E-state index in [1.165, 1.54) is 6.42 Å². The molecule has 2 rings (SSSR count). The van der Waals surface area contributed by atoms with Crippen LogP contribution in [-0.4, -0.2) is 28.3 Å². The Kier molecular flexibility index (Phi) is 1.92. The average molecular weight is 171 g/mol. The molecular formula is C8H13NO3. The third kappa shape index (κ3) is 1.06. The fourth-order valence-corrected chi connectivity index (χ4v) is 2.46. The zero-order chi connectivity index (χ0) is 8.55. The molecular weight excluding hydrogens is 158 g/mol. The number of carbonyl (C=O) groups is 1. The van der Waals surface area contributed by atoms with Gasteiger partial charge in [0.15, 0.2) is 0 Å². The lowest BCUT2D eigenvalue weighted by Crippen LogP contribution is -2.43. The summed E-state index contributed by atoms with van der Waals surface area (Å²) in [6, 6.07) is 0.645. The Morgan fingerprint density at radius 1 is 1.25 bits per heavy atom. The van der Waals surface area contributed by atoms with Gasteiger partial charge in [0.05, 0.1) is 0 Å². The molecule has 4 nitrogen and oxygen atoms in total. The van der Waals surface area contributed by atoms with E-state index < -0.39 is 6.09 Å². The van der Waals surface area contributed by atoms with Crippen LogP contribution in [0.5, 0.6) is 0 Å². The van der Waals surface area contributed by atoms with E-state index in [4.69, 9.17) is 5.26 Å². The number of fused-ring (bicyclic) bond motifs is 2. The number of nitrogens with zero attached hydrogens (tertiary/aromatic N) is 1. The summed E-state index contributed by atoms with van der Waals surface area (Å²) in [6.07, 6.45) is 4.89. The van der Waals surface area contributed by atoms with Crippen molar-refractivity contribution in [2.24, 2.45) is 0 Å². The van der Waals surface area contributed by atoms with Gasteiger partial charge < -0.3 is 0 Å². The molecule has 0 aromatic carbocycles. The SMILES string of the molecule is O=C(OO)N1C2CCCC1CC2. The molecule has 0 radical (unpaired) electrons. The fourth-order valence-electron chi connectivity index (χ4n) is 2.46. The first-order valence-electron chi connectivity index (χ1n) is 4.46. The lowest BCUT2D eigenvalue weighted by Gasteiger charge is -2.32. The van der Waals surface area contributed by atoms with Crippen molar-refractivity contribution in [3.05, 3.63) is 0 Å². The topological polar surface area (TPSA) is 49.8 Å². The first-order chi connectivity index (χ1) is 5.83. The third-order valence-corrected chi connectivity index (χ3v) is 2.98. The molecule has 0 aromatic rings.